The highest BCUT2D eigenvalue weighted by atomic mass is 79.9. The van der Waals surface area contributed by atoms with Gasteiger partial charge >= 0.3 is 0 Å². The van der Waals surface area contributed by atoms with Gasteiger partial charge < -0.3 is 11.1 Å². The van der Waals surface area contributed by atoms with Gasteiger partial charge in [-0.05, 0) is 25.0 Å². The zero-order valence-electron chi connectivity index (χ0n) is 11.1. The number of halogens is 3. The first-order valence-corrected chi connectivity index (χ1v) is 7.24. The maximum Gasteiger partial charge on any atom is 0.237 e. The fourth-order valence-corrected chi connectivity index (χ4v) is 2.71. The fourth-order valence-electron chi connectivity index (χ4n) is 1.93. The Hall–Kier alpha value is -1.08. The predicted octanol–water partition coefficient (Wildman–Crippen LogP) is 3.76. The van der Waals surface area contributed by atoms with Crippen molar-refractivity contribution in [3.8, 4) is 0 Å². The van der Waals surface area contributed by atoms with E-state index in [-0.39, 0.29) is 9.46 Å². The second kappa shape index (κ2) is 6.58. The van der Waals surface area contributed by atoms with Crippen LogP contribution in [0.2, 0.25) is 0 Å². The summed E-state index contributed by atoms with van der Waals surface area (Å²) in [5, 5.41) is 2.25. The molecule has 0 heterocycles. The van der Waals surface area contributed by atoms with E-state index in [1.807, 2.05) is 0 Å². The molecule has 3 nitrogen and oxygen atoms in total. The average Bonchev–Trinajstić information content (AvgIpc) is 2.35. The van der Waals surface area contributed by atoms with Crippen LogP contribution in [0.4, 0.5) is 14.5 Å². The van der Waals surface area contributed by atoms with E-state index in [1.165, 1.54) is 0 Å². The molecule has 0 atom stereocenters. The van der Waals surface area contributed by atoms with Crippen LogP contribution in [0, 0.1) is 17.0 Å². The van der Waals surface area contributed by atoms with Crippen molar-refractivity contribution in [1.82, 2.24) is 0 Å². The molecule has 7 heteroatoms. The summed E-state index contributed by atoms with van der Waals surface area (Å²) in [5.74, 6) is -2.33. The summed E-state index contributed by atoms with van der Waals surface area (Å²) in [4.78, 5) is 12.3. The van der Waals surface area contributed by atoms with E-state index in [4.69, 9.17) is 18.0 Å². The summed E-state index contributed by atoms with van der Waals surface area (Å²) in [6.07, 6.45) is 0.703. The Balaban J connectivity index is 3.16. The molecular weight excluding hydrogens is 350 g/mol. The number of hydrogen-bond acceptors (Lipinski definition) is 2. The highest BCUT2D eigenvalue weighted by Gasteiger charge is 2.38. The molecule has 0 saturated carbocycles. The first kappa shape index (κ1) is 17.0. The highest BCUT2D eigenvalue weighted by molar-refractivity contribution is 9.10. The zero-order valence-corrected chi connectivity index (χ0v) is 13.5. The van der Waals surface area contributed by atoms with Gasteiger partial charge in [0.2, 0.25) is 5.91 Å². The van der Waals surface area contributed by atoms with Crippen LogP contribution >= 0.6 is 28.1 Å². The zero-order chi connectivity index (χ0) is 15.5. The highest BCUT2D eigenvalue weighted by Crippen LogP contribution is 2.31. The SMILES string of the molecule is CCC(CC)(C(=O)Nc1c(F)cc(Br)cc1F)C(N)=S. The largest absolute Gasteiger partial charge is 0.392 e. The molecular formula is C13H15BrF2N2OS. The number of nitrogens with two attached hydrogens (primary N) is 1. The third-order valence-corrected chi connectivity index (χ3v) is 4.21. The van der Waals surface area contributed by atoms with E-state index in [0.29, 0.717) is 12.8 Å². The van der Waals surface area contributed by atoms with Crippen molar-refractivity contribution in [2.45, 2.75) is 26.7 Å². The van der Waals surface area contributed by atoms with Gasteiger partial charge in [0, 0.05) is 4.47 Å². The molecule has 0 spiro atoms. The van der Waals surface area contributed by atoms with E-state index in [1.54, 1.807) is 13.8 Å². The van der Waals surface area contributed by atoms with Gasteiger partial charge in [-0.2, -0.15) is 0 Å². The summed E-state index contributed by atoms with van der Waals surface area (Å²) in [6.45, 7) is 3.49. The van der Waals surface area contributed by atoms with Gasteiger partial charge in [-0.25, -0.2) is 8.78 Å². The Labute approximate surface area is 130 Å². The molecule has 1 rings (SSSR count). The number of nitrogens with one attached hydrogen (secondary N) is 1. The number of carbonyl (C=O) groups excluding carboxylic acids is 1. The van der Waals surface area contributed by atoms with Crippen molar-refractivity contribution in [1.29, 1.82) is 0 Å². The van der Waals surface area contributed by atoms with Gasteiger partial charge in [-0.3, -0.25) is 4.79 Å². The van der Waals surface area contributed by atoms with Crippen molar-refractivity contribution >= 4 is 44.7 Å². The minimum Gasteiger partial charge on any atom is -0.392 e. The lowest BCUT2D eigenvalue weighted by Gasteiger charge is -2.29. The summed E-state index contributed by atoms with van der Waals surface area (Å²) in [6, 6.07) is 2.14. The number of carbonyl (C=O) groups is 1. The fraction of sp³-hybridized carbons (Fsp3) is 0.385. The molecule has 0 radical (unpaired) electrons. The third-order valence-electron chi connectivity index (χ3n) is 3.36. The Kier molecular flexibility index (Phi) is 5.59. The minimum absolute atomic E-state index is 0.0120. The topological polar surface area (TPSA) is 55.1 Å². The number of benzene rings is 1. The van der Waals surface area contributed by atoms with Gasteiger partial charge in [-0.1, -0.05) is 42.0 Å². The first-order chi connectivity index (χ1) is 9.28. The summed E-state index contributed by atoms with van der Waals surface area (Å²) < 4.78 is 27.7. The van der Waals surface area contributed by atoms with Crippen LogP contribution in [-0.2, 0) is 4.79 Å². The van der Waals surface area contributed by atoms with Gasteiger partial charge in [0.15, 0.2) is 11.6 Å². The van der Waals surface area contributed by atoms with Crippen molar-refractivity contribution in [3.05, 3.63) is 28.2 Å². The van der Waals surface area contributed by atoms with Crippen LogP contribution in [-0.4, -0.2) is 10.9 Å². The Morgan fingerprint density at radius 3 is 2.15 bits per heavy atom. The van der Waals surface area contributed by atoms with E-state index in [0.717, 1.165) is 12.1 Å². The molecule has 110 valence electrons. The monoisotopic (exact) mass is 364 g/mol. The van der Waals surface area contributed by atoms with Gasteiger partial charge in [0.25, 0.3) is 0 Å². The number of rotatable bonds is 5. The van der Waals surface area contributed by atoms with Gasteiger partial charge in [0.05, 0.1) is 10.4 Å². The van der Waals surface area contributed by atoms with Gasteiger partial charge in [0.1, 0.15) is 5.69 Å². The Morgan fingerprint density at radius 1 is 1.35 bits per heavy atom. The molecule has 1 amide bonds. The molecule has 3 N–H and O–H groups in total. The molecule has 20 heavy (non-hydrogen) atoms. The van der Waals surface area contributed by atoms with E-state index in [9.17, 15) is 13.6 Å². The van der Waals surface area contributed by atoms with Gasteiger partial charge in [-0.15, -0.1) is 0 Å². The molecule has 0 bridgehead atoms. The maximum atomic E-state index is 13.7. The second-order valence-corrected chi connectivity index (χ2v) is 5.71. The van der Waals surface area contributed by atoms with Crippen molar-refractivity contribution in [3.63, 3.8) is 0 Å². The molecule has 0 aliphatic carbocycles. The first-order valence-electron chi connectivity index (χ1n) is 6.04. The summed E-state index contributed by atoms with van der Waals surface area (Å²) >= 11 is 7.90. The molecule has 0 unspecified atom stereocenters. The summed E-state index contributed by atoms with van der Waals surface area (Å²) in [5.41, 5.74) is 4.01. The van der Waals surface area contributed by atoms with Crippen LogP contribution in [0.1, 0.15) is 26.7 Å². The second-order valence-electron chi connectivity index (χ2n) is 4.35. The maximum absolute atomic E-state index is 13.7. The van der Waals surface area contributed by atoms with Crippen LogP contribution in [0.5, 0.6) is 0 Å². The number of amides is 1. The van der Waals surface area contributed by atoms with Crippen molar-refractivity contribution in [2.24, 2.45) is 11.1 Å². The minimum atomic E-state index is -1.11. The Bertz CT molecular complexity index is 524. The van der Waals surface area contributed by atoms with E-state index < -0.39 is 28.6 Å². The number of anilines is 1. The van der Waals surface area contributed by atoms with Crippen molar-refractivity contribution in [2.75, 3.05) is 5.32 Å². The lowest BCUT2D eigenvalue weighted by Crippen LogP contribution is -2.45. The normalized spacial score (nSPS) is 11.2. The summed E-state index contributed by atoms with van der Waals surface area (Å²) in [7, 11) is 0. The van der Waals surface area contributed by atoms with Crippen LogP contribution in [0.3, 0.4) is 0 Å². The quantitative estimate of drug-likeness (QED) is 0.782. The molecule has 0 aromatic heterocycles. The van der Waals surface area contributed by atoms with Crippen LogP contribution < -0.4 is 11.1 Å². The smallest absolute Gasteiger partial charge is 0.237 e. The molecule has 0 fully saturated rings. The van der Waals surface area contributed by atoms with E-state index in [2.05, 4.69) is 21.2 Å². The number of hydrogen-bond donors (Lipinski definition) is 2. The lowest BCUT2D eigenvalue weighted by atomic mass is 9.81. The van der Waals surface area contributed by atoms with Crippen LogP contribution in [0.25, 0.3) is 0 Å². The van der Waals surface area contributed by atoms with Crippen molar-refractivity contribution < 1.29 is 13.6 Å². The Morgan fingerprint density at radius 2 is 1.80 bits per heavy atom. The average molecular weight is 365 g/mol. The number of thiocarbonyl (C=S) groups is 1. The third kappa shape index (κ3) is 3.15. The molecule has 0 saturated heterocycles. The molecule has 0 aliphatic heterocycles. The predicted molar refractivity (Wildman–Crippen MR) is 82.5 cm³/mol. The lowest BCUT2D eigenvalue weighted by molar-refractivity contribution is -0.122. The van der Waals surface area contributed by atoms with Crippen LogP contribution in [0.15, 0.2) is 16.6 Å². The van der Waals surface area contributed by atoms with E-state index >= 15 is 0 Å². The standard InChI is InChI=1S/C13H15BrF2N2OS/c1-3-13(4-2,11(17)20)12(19)18-10-8(15)5-7(14)6-9(10)16/h5-6H,3-4H2,1-2H3,(H2,17,20)(H,18,19). The molecule has 0 aliphatic rings. The molecule has 1 aromatic carbocycles. The molecule has 1 aromatic rings.